The molecule has 3 rings (SSSR count). The molecule has 7 nitrogen and oxygen atoms in total. The van der Waals surface area contributed by atoms with Crippen molar-refractivity contribution in [1.82, 2.24) is 4.31 Å². The van der Waals surface area contributed by atoms with Crippen molar-refractivity contribution in [3.63, 3.8) is 0 Å². The van der Waals surface area contributed by atoms with Gasteiger partial charge in [0.2, 0.25) is 10.0 Å². The lowest BCUT2D eigenvalue weighted by molar-refractivity contribution is 0.296. The van der Waals surface area contributed by atoms with Gasteiger partial charge in [0, 0.05) is 25.1 Å². The van der Waals surface area contributed by atoms with Crippen LogP contribution in [0.2, 0.25) is 0 Å². The molecule has 2 heterocycles. The number of fused-ring (bicyclic) bond motifs is 1. The number of nitrogens with zero attached hydrogens (tertiary/aromatic N) is 1. The molecule has 1 atom stereocenters. The topological polar surface area (TPSA) is 90.0 Å². The molecule has 0 aliphatic carbocycles. The van der Waals surface area contributed by atoms with Crippen LogP contribution in [-0.2, 0) is 19.9 Å². The standard InChI is InChI=1S/C15H21NO6S2/c1-2-16(12-6-9-23(17,18)11-12)24(19,20)13-4-5-14-15(10-13)22-8-3-7-21-14/h4-5,10,12H,2-3,6-9,11H2,1H3. The van der Waals surface area contributed by atoms with Gasteiger partial charge in [-0.25, -0.2) is 16.8 Å². The molecular weight excluding hydrogens is 354 g/mol. The second-order valence-corrected chi connectivity index (χ2v) is 10.0. The van der Waals surface area contributed by atoms with E-state index in [4.69, 9.17) is 9.47 Å². The third-order valence-corrected chi connectivity index (χ3v) is 8.03. The Morgan fingerprint density at radius 2 is 1.92 bits per heavy atom. The first-order chi connectivity index (χ1) is 11.3. The lowest BCUT2D eigenvalue weighted by Gasteiger charge is -2.26. The first-order valence-corrected chi connectivity index (χ1v) is 11.2. The third kappa shape index (κ3) is 3.38. The maximum absolute atomic E-state index is 13.0. The smallest absolute Gasteiger partial charge is 0.243 e. The van der Waals surface area contributed by atoms with E-state index < -0.39 is 25.9 Å². The van der Waals surface area contributed by atoms with Gasteiger partial charge in [0.25, 0.3) is 0 Å². The lowest BCUT2D eigenvalue weighted by Crippen LogP contribution is -2.40. The molecule has 2 aliphatic heterocycles. The van der Waals surface area contributed by atoms with Gasteiger partial charge in [-0.15, -0.1) is 0 Å². The van der Waals surface area contributed by atoms with Crippen LogP contribution in [0.15, 0.2) is 23.1 Å². The Morgan fingerprint density at radius 1 is 1.21 bits per heavy atom. The summed E-state index contributed by atoms with van der Waals surface area (Å²) in [4.78, 5) is 0.0953. The summed E-state index contributed by atoms with van der Waals surface area (Å²) in [6.45, 7) is 2.93. The quantitative estimate of drug-likeness (QED) is 0.781. The van der Waals surface area contributed by atoms with Gasteiger partial charge < -0.3 is 9.47 Å². The molecule has 1 aromatic rings. The molecule has 134 valence electrons. The molecular formula is C15H21NO6S2. The number of sulfone groups is 1. The fourth-order valence-corrected chi connectivity index (χ4v) is 6.57. The largest absolute Gasteiger partial charge is 0.490 e. The third-order valence-electron chi connectivity index (χ3n) is 4.25. The average Bonchev–Trinajstić information content (AvgIpc) is 2.74. The van der Waals surface area contributed by atoms with Crippen LogP contribution in [0.1, 0.15) is 19.8 Å². The minimum atomic E-state index is -3.80. The molecule has 1 saturated heterocycles. The Bertz CT molecular complexity index is 818. The molecule has 0 aromatic heterocycles. The SMILES string of the molecule is CCN(C1CCS(=O)(=O)C1)S(=O)(=O)c1ccc2c(c1)OCCCO2. The molecule has 0 spiro atoms. The Kier molecular flexibility index (Phi) is 4.76. The van der Waals surface area contributed by atoms with Crippen molar-refractivity contribution in [2.24, 2.45) is 0 Å². The van der Waals surface area contributed by atoms with Crippen LogP contribution in [-0.4, -0.2) is 58.4 Å². The highest BCUT2D eigenvalue weighted by Crippen LogP contribution is 2.34. The van der Waals surface area contributed by atoms with E-state index in [0.29, 0.717) is 31.1 Å². The van der Waals surface area contributed by atoms with Crippen molar-refractivity contribution in [3.05, 3.63) is 18.2 Å². The van der Waals surface area contributed by atoms with E-state index in [1.807, 2.05) is 0 Å². The maximum Gasteiger partial charge on any atom is 0.243 e. The van der Waals surface area contributed by atoms with Crippen LogP contribution in [0, 0.1) is 0 Å². The number of ether oxygens (including phenoxy) is 2. The monoisotopic (exact) mass is 375 g/mol. The molecule has 0 bridgehead atoms. The van der Waals surface area contributed by atoms with E-state index in [9.17, 15) is 16.8 Å². The normalized spacial score (nSPS) is 23.2. The second-order valence-electron chi connectivity index (χ2n) is 5.92. The second kappa shape index (κ2) is 6.53. The van der Waals surface area contributed by atoms with Gasteiger partial charge in [-0.3, -0.25) is 0 Å². The first kappa shape index (κ1) is 17.5. The van der Waals surface area contributed by atoms with Gasteiger partial charge >= 0.3 is 0 Å². The predicted molar refractivity (Wildman–Crippen MR) is 88.7 cm³/mol. The molecule has 1 aromatic carbocycles. The molecule has 0 amide bonds. The summed E-state index contributed by atoms with van der Waals surface area (Å²) in [5.41, 5.74) is 0. The van der Waals surface area contributed by atoms with E-state index >= 15 is 0 Å². The highest BCUT2D eigenvalue weighted by molar-refractivity contribution is 7.92. The molecule has 0 N–H and O–H groups in total. The van der Waals surface area contributed by atoms with Gasteiger partial charge in [0.1, 0.15) is 0 Å². The van der Waals surface area contributed by atoms with Crippen LogP contribution >= 0.6 is 0 Å². The fraction of sp³-hybridized carbons (Fsp3) is 0.600. The van der Waals surface area contributed by atoms with Gasteiger partial charge in [0.05, 0.1) is 29.6 Å². The maximum atomic E-state index is 13.0. The Balaban J connectivity index is 1.93. The highest BCUT2D eigenvalue weighted by Gasteiger charge is 2.38. The van der Waals surface area contributed by atoms with Gasteiger partial charge in [-0.2, -0.15) is 4.31 Å². The summed E-state index contributed by atoms with van der Waals surface area (Å²) >= 11 is 0. The molecule has 0 saturated carbocycles. The Morgan fingerprint density at radius 3 is 2.54 bits per heavy atom. The zero-order chi connectivity index (χ0) is 17.4. The van der Waals surface area contributed by atoms with Crippen molar-refractivity contribution in [1.29, 1.82) is 0 Å². The van der Waals surface area contributed by atoms with E-state index in [0.717, 1.165) is 6.42 Å². The summed E-state index contributed by atoms with van der Waals surface area (Å²) < 4.78 is 61.7. The van der Waals surface area contributed by atoms with Gasteiger partial charge in [-0.1, -0.05) is 6.92 Å². The number of hydrogen-bond donors (Lipinski definition) is 0. The zero-order valence-corrected chi connectivity index (χ0v) is 15.1. The van der Waals surface area contributed by atoms with Crippen molar-refractivity contribution in [3.8, 4) is 11.5 Å². The number of hydrogen-bond acceptors (Lipinski definition) is 6. The molecule has 9 heteroatoms. The minimum Gasteiger partial charge on any atom is -0.490 e. The zero-order valence-electron chi connectivity index (χ0n) is 13.5. The summed E-state index contributed by atoms with van der Waals surface area (Å²) in [5, 5.41) is 0. The van der Waals surface area contributed by atoms with Crippen molar-refractivity contribution >= 4 is 19.9 Å². The summed E-state index contributed by atoms with van der Waals surface area (Å²) in [7, 11) is -6.96. The van der Waals surface area contributed by atoms with Crippen LogP contribution < -0.4 is 9.47 Å². The van der Waals surface area contributed by atoms with Crippen LogP contribution in [0.4, 0.5) is 0 Å². The number of rotatable bonds is 4. The van der Waals surface area contributed by atoms with Crippen molar-refractivity contribution < 1.29 is 26.3 Å². The van der Waals surface area contributed by atoms with Gasteiger partial charge in [0.15, 0.2) is 21.3 Å². The number of benzene rings is 1. The summed E-state index contributed by atoms with van der Waals surface area (Å²) in [5.74, 6) is 0.844. The Labute approximate surface area is 142 Å². The average molecular weight is 375 g/mol. The summed E-state index contributed by atoms with van der Waals surface area (Å²) in [6, 6.07) is 4.02. The fourth-order valence-electron chi connectivity index (χ4n) is 3.07. The van der Waals surface area contributed by atoms with Crippen LogP contribution in [0.5, 0.6) is 11.5 Å². The van der Waals surface area contributed by atoms with Crippen molar-refractivity contribution in [2.45, 2.75) is 30.7 Å². The first-order valence-electron chi connectivity index (χ1n) is 7.95. The van der Waals surface area contributed by atoms with E-state index in [2.05, 4.69) is 0 Å². The van der Waals surface area contributed by atoms with E-state index in [1.54, 1.807) is 13.0 Å². The Hall–Kier alpha value is -1.32. The summed E-state index contributed by atoms with van der Waals surface area (Å²) in [6.07, 6.45) is 1.07. The molecule has 24 heavy (non-hydrogen) atoms. The highest BCUT2D eigenvalue weighted by atomic mass is 32.2. The number of sulfonamides is 1. The molecule has 2 aliphatic rings. The van der Waals surface area contributed by atoms with Crippen LogP contribution in [0.25, 0.3) is 0 Å². The minimum absolute atomic E-state index is 0.0326. The molecule has 1 unspecified atom stereocenters. The van der Waals surface area contributed by atoms with E-state index in [1.165, 1.54) is 16.4 Å². The van der Waals surface area contributed by atoms with E-state index in [-0.39, 0.29) is 22.9 Å². The van der Waals surface area contributed by atoms with Crippen LogP contribution in [0.3, 0.4) is 0 Å². The predicted octanol–water partition coefficient (Wildman–Crippen LogP) is 1.05. The van der Waals surface area contributed by atoms with Crippen molar-refractivity contribution in [2.75, 3.05) is 31.3 Å². The molecule has 0 radical (unpaired) electrons. The lowest BCUT2D eigenvalue weighted by atomic mass is 10.3. The molecule has 1 fully saturated rings. The van der Waals surface area contributed by atoms with Gasteiger partial charge in [-0.05, 0) is 18.6 Å².